The third-order valence-corrected chi connectivity index (χ3v) is 9.95. The van der Waals surface area contributed by atoms with Crippen LogP contribution < -0.4 is 9.64 Å². The Bertz CT molecular complexity index is 1660. The van der Waals surface area contributed by atoms with Crippen molar-refractivity contribution in [3.05, 3.63) is 84.3 Å². The number of halogens is 3. The van der Waals surface area contributed by atoms with E-state index < -0.39 is 23.7 Å². The highest BCUT2D eigenvalue weighted by Crippen LogP contribution is 2.56. The smallest absolute Gasteiger partial charge is 0.238 e. The van der Waals surface area contributed by atoms with Crippen molar-refractivity contribution in [1.82, 2.24) is 0 Å². The second-order valence-corrected chi connectivity index (χ2v) is 12.5. The molecule has 1 saturated heterocycles. The van der Waals surface area contributed by atoms with Crippen LogP contribution in [-0.4, -0.2) is 35.6 Å². The van der Waals surface area contributed by atoms with Gasteiger partial charge < -0.3 is 9.84 Å². The van der Waals surface area contributed by atoms with E-state index in [-0.39, 0.29) is 45.8 Å². The molecule has 4 atom stereocenters. The van der Waals surface area contributed by atoms with Crippen LogP contribution in [0.25, 0.3) is 0 Å². The molecule has 2 aromatic carbocycles. The number of fused-ring (bicyclic) bond motifs is 3. The summed E-state index contributed by atoms with van der Waals surface area (Å²) in [7, 11) is 1.42. The van der Waals surface area contributed by atoms with Gasteiger partial charge in [-0.05, 0) is 92.9 Å². The van der Waals surface area contributed by atoms with E-state index in [9.17, 15) is 24.3 Å². The molecule has 6 rings (SSSR count). The number of allylic oxidation sites excluding steroid dienone is 6. The van der Waals surface area contributed by atoms with Crippen LogP contribution in [0.15, 0.2) is 68.2 Å². The molecule has 10 heteroatoms. The highest BCUT2D eigenvalue weighted by atomic mass is 79.9. The lowest BCUT2D eigenvalue weighted by Gasteiger charge is -2.42. The summed E-state index contributed by atoms with van der Waals surface area (Å²) in [4.78, 5) is 55.6. The number of ketones is 2. The number of phenolic OH excluding ortho intramolecular Hbond substituents is 1. The lowest BCUT2D eigenvalue weighted by atomic mass is 9.59. The molecular weight excluding hydrogens is 666 g/mol. The number of carbonyl (C=O) groups excluding carboxylic acids is 4. The van der Waals surface area contributed by atoms with E-state index >= 15 is 0 Å². The number of phenols is 1. The fourth-order valence-electron chi connectivity index (χ4n) is 6.48. The zero-order valence-corrected chi connectivity index (χ0v) is 25.3. The number of Topliss-reactive ketones (excluding diaryl/α,β-unsaturated/α-hetero) is 1. The van der Waals surface area contributed by atoms with E-state index in [0.717, 1.165) is 11.1 Å². The van der Waals surface area contributed by atoms with Gasteiger partial charge >= 0.3 is 0 Å². The molecule has 0 saturated carbocycles. The Morgan fingerprint density at radius 2 is 1.80 bits per heavy atom. The average molecular weight is 688 g/mol. The number of carbonyl (C=O) groups is 4. The second-order valence-electron chi connectivity index (χ2n) is 10.4. The van der Waals surface area contributed by atoms with Gasteiger partial charge in [0.05, 0.1) is 33.6 Å². The normalized spacial score (nSPS) is 25.9. The zero-order valence-electron chi connectivity index (χ0n) is 21.3. The van der Waals surface area contributed by atoms with Crippen molar-refractivity contribution in [2.24, 2.45) is 17.8 Å². The van der Waals surface area contributed by atoms with Gasteiger partial charge in [0, 0.05) is 28.2 Å². The third-order valence-electron chi connectivity index (χ3n) is 8.35. The molecule has 2 amide bonds. The van der Waals surface area contributed by atoms with Crippen molar-refractivity contribution >= 4 is 72.5 Å². The molecule has 2 aromatic rings. The molecule has 7 nitrogen and oxygen atoms in total. The first-order valence-electron chi connectivity index (χ1n) is 12.6. The average Bonchev–Trinajstić information content (AvgIpc) is 3.18. The lowest BCUT2D eigenvalue weighted by Crippen LogP contribution is -2.39. The molecule has 0 radical (unpaired) electrons. The minimum absolute atomic E-state index is 0.0943. The molecular formula is C30H22Br2ClNO6. The van der Waals surface area contributed by atoms with Crippen molar-refractivity contribution in [2.45, 2.75) is 25.7 Å². The van der Waals surface area contributed by atoms with E-state index in [1.807, 2.05) is 13.0 Å². The maximum atomic E-state index is 14.0. The number of hydrogen-bond acceptors (Lipinski definition) is 6. The van der Waals surface area contributed by atoms with Gasteiger partial charge in [-0.2, -0.15) is 0 Å². The summed E-state index contributed by atoms with van der Waals surface area (Å²) in [5.74, 6) is -3.63. The Balaban J connectivity index is 1.50. The number of hydrogen-bond donors (Lipinski definition) is 1. The fourth-order valence-corrected chi connectivity index (χ4v) is 7.56. The van der Waals surface area contributed by atoms with Crippen molar-refractivity contribution in [3.63, 3.8) is 0 Å². The number of amides is 2. The summed E-state index contributed by atoms with van der Waals surface area (Å²) < 4.78 is 5.89. The Morgan fingerprint density at radius 1 is 1.05 bits per heavy atom. The molecule has 1 heterocycles. The van der Waals surface area contributed by atoms with E-state index in [1.165, 1.54) is 18.1 Å². The Hall–Kier alpha value is -3.01. The molecule has 1 aliphatic heterocycles. The summed E-state index contributed by atoms with van der Waals surface area (Å²) in [6.45, 7) is 1.84. The predicted octanol–water partition coefficient (Wildman–Crippen LogP) is 6.09. The molecule has 3 aliphatic carbocycles. The van der Waals surface area contributed by atoms with E-state index in [1.54, 1.807) is 30.3 Å². The molecule has 0 bridgehead atoms. The highest BCUT2D eigenvalue weighted by Gasteiger charge is 2.56. The summed E-state index contributed by atoms with van der Waals surface area (Å²) in [5.41, 5.74) is 3.33. The number of methoxy groups -OCH3 is 1. The number of anilines is 1. The van der Waals surface area contributed by atoms with Gasteiger partial charge in [-0.25, -0.2) is 4.90 Å². The van der Waals surface area contributed by atoms with Crippen LogP contribution in [0.5, 0.6) is 11.5 Å². The van der Waals surface area contributed by atoms with Crippen LogP contribution in [0, 0.1) is 24.7 Å². The Morgan fingerprint density at radius 3 is 2.50 bits per heavy atom. The van der Waals surface area contributed by atoms with Crippen LogP contribution in [-0.2, 0) is 19.2 Å². The van der Waals surface area contributed by atoms with Crippen molar-refractivity contribution < 1.29 is 29.0 Å². The number of aromatic hydroxyl groups is 1. The Labute approximate surface area is 251 Å². The summed E-state index contributed by atoms with van der Waals surface area (Å²) in [6.07, 6.45) is 3.69. The largest absolute Gasteiger partial charge is 0.503 e. The number of benzene rings is 2. The molecule has 204 valence electrons. The van der Waals surface area contributed by atoms with E-state index in [0.29, 0.717) is 38.3 Å². The van der Waals surface area contributed by atoms with Crippen LogP contribution in [0.1, 0.15) is 29.9 Å². The summed E-state index contributed by atoms with van der Waals surface area (Å²) in [6, 6.07) is 8.42. The zero-order chi connectivity index (χ0) is 28.6. The minimum atomic E-state index is -0.709. The van der Waals surface area contributed by atoms with Crippen molar-refractivity contribution in [1.29, 1.82) is 0 Å². The molecule has 1 fully saturated rings. The highest BCUT2D eigenvalue weighted by molar-refractivity contribution is 9.12. The Kier molecular flexibility index (Phi) is 6.67. The minimum Gasteiger partial charge on any atom is -0.503 e. The lowest BCUT2D eigenvalue weighted by molar-refractivity contribution is -0.123. The molecule has 40 heavy (non-hydrogen) atoms. The van der Waals surface area contributed by atoms with Gasteiger partial charge in [-0.3, -0.25) is 19.2 Å². The number of nitrogens with zero attached hydrogens (tertiary/aromatic N) is 1. The number of ether oxygens (including phenoxy) is 1. The summed E-state index contributed by atoms with van der Waals surface area (Å²) >= 11 is 12.9. The first-order chi connectivity index (χ1) is 19.0. The quantitative estimate of drug-likeness (QED) is 0.238. The summed E-state index contributed by atoms with van der Waals surface area (Å²) in [5, 5.41) is 10.9. The second kappa shape index (κ2) is 9.82. The monoisotopic (exact) mass is 685 g/mol. The van der Waals surface area contributed by atoms with Gasteiger partial charge in [0.1, 0.15) is 0 Å². The van der Waals surface area contributed by atoms with Gasteiger partial charge in [0.25, 0.3) is 0 Å². The van der Waals surface area contributed by atoms with Crippen molar-refractivity contribution in [3.8, 4) is 11.5 Å². The molecule has 0 aromatic heterocycles. The molecule has 4 aliphatic rings. The van der Waals surface area contributed by atoms with Gasteiger partial charge in [0.2, 0.25) is 11.8 Å². The van der Waals surface area contributed by atoms with Crippen LogP contribution in [0.4, 0.5) is 5.69 Å². The van der Waals surface area contributed by atoms with Crippen molar-refractivity contribution in [2.75, 3.05) is 12.0 Å². The first kappa shape index (κ1) is 27.2. The maximum absolute atomic E-state index is 14.0. The first-order valence-corrected chi connectivity index (χ1v) is 14.6. The number of aryl methyl sites for hydroxylation is 1. The topological polar surface area (TPSA) is 101 Å². The maximum Gasteiger partial charge on any atom is 0.238 e. The molecule has 0 spiro atoms. The fraction of sp³-hybridized carbons (Fsp3) is 0.267. The van der Waals surface area contributed by atoms with Gasteiger partial charge in [-0.1, -0.05) is 29.3 Å². The SMILES string of the molecule is COc1cc([C@H]2C3=CC[C@@H]4C(=O)N(c5ccc(C)c(Cl)c5)C(=O)[C@@H]4[C@@H]3CC3=C2C(=O)C=C(Br)C3=O)cc(Br)c1O. The standard InChI is InChI=1S/C30H22Br2ClNO6/c1-12-3-4-14(9-21(12)33)34-29(38)16-6-5-15-17(25(16)30(34)39)10-18-26(22(35)11-20(32)27(18)36)24(15)13-7-19(31)28(37)23(8-13)40-2/h3-5,7-9,11,16-17,24-25,37H,6,10H2,1-2H3/t16-,17+,24-,25-/m0/s1. The van der Waals surface area contributed by atoms with Gasteiger partial charge in [-0.15, -0.1) is 0 Å². The third kappa shape index (κ3) is 3.96. The predicted molar refractivity (Wildman–Crippen MR) is 156 cm³/mol. The molecule has 0 unspecified atom stereocenters. The van der Waals surface area contributed by atoms with Gasteiger partial charge in [0.15, 0.2) is 23.1 Å². The van der Waals surface area contributed by atoms with E-state index in [2.05, 4.69) is 31.9 Å². The number of imide groups is 1. The van der Waals surface area contributed by atoms with Crippen LogP contribution in [0.2, 0.25) is 5.02 Å². The van der Waals surface area contributed by atoms with Crippen LogP contribution in [0.3, 0.4) is 0 Å². The number of rotatable bonds is 3. The van der Waals surface area contributed by atoms with E-state index in [4.69, 9.17) is 16.3 Å². The van der Waals surface area contributed by atoms with Crippen LogP contribution >= 0.6 is 43.5 Å². The molecule has 1 N–H and O–H groups in total.